The van der Waals surface area contributed by atoms with Gasteiger partial charge in [0.05, 0.1) is 5.60 Å². The van der Waals surface area contributed by atoms with Crippen molar-refractivity contribution in [1.82, 2.24) is 0 Å². The zero-order chi connectivity index (χ0) is 7.61. The number of hydrogen-bond donors (Lipinski definition) is 1. The summed E-state index contributed by atoms with van der Waals surface area (Å²) in [5.74, 6) is 0. The smallest absolute Gasteiger partial charge is 0.0840 e. The minimum absolute atomic E-state index is 0. The molecule has 0 aliphatic heterocycles. The van der Waals surface area contributed by atoms with Gasteiger partial charge in [0.2, 0.25) is 0 Å². The normalized spacial score (nSPS) is 10.5. The number of aliphatic hydroxyl groups is 1. The van der Waals surface area contributed by atoms with Crippen LogP contribution in [0.1, 0.15) is 19.4 Å². The Kier molecular flexibility index (Phi) is 3.80. The minimum Gasteiger partial charge on any atom is -0.386 e. The van der Waals surface area contributed by atoms with Gasteiger partial charge in [-0.2, -0.15) is 0 Å². The Morgan fingerprint density at radius 1 is 1.09 bits per heavy atom. The Morgan fingerprint density at radius 2 is 1.55 bits per heavy atom. The zero-order valence-electron chi connectivity index (χ0n) is 6.69. The van der Waals surface area contributed by atoms with E-state index < -0.39 is 5.60 Å². The quantitative estimate of drug-likeness (QED) is 0.673. The standard InChI is InChI=1S/C9H12O.Fe/c1-9(2,10)8-6-4-3-5-7-8;/h3-7,10H,1-2H3;. The van der Waals surface area contributed by atoms with Gasteiger partial charge in [-0.3, -0.25) is 0 Å². The van der Waals surface area contributed by atoms with Gasteiger partial charge in [-0.05, 0) is 19.4 Å². The first-order valence-corrected chi connectivity index (χ1v) is 3.38. The molecule has 62 valence electrons. The zero-order valence-corrected chi connectivity index (χ0v) is 7.79. The third-order valence-corrected chi connectivity index (χ3v) is 1.48. The van der Waals surface area contributed by atoms with Crippen LogP contribution < -0.4 is 0 Å². The molecule has 0 amide bonds. The molecule has 1 aromatic carbocycles. The molecule has 0 bridgehead atoms. The molecular weight excluding hydrogens is 180 g/mol. The van der Waals surface area contributed by atoms with E-state index in [2.05, 4.69) is 0 Å². The largest absolute Gasteiger partial charge is 0.386 e. The molecule has 0 fully saturated rings. The molecule has 1 aromatic rings. The van der Waals surface area contributed by atoms with Crippen molar-refractivity contribution in [3.8, 4) is 0 Å². The summed E-state index contributed by atoms with van der Waals surface area (Å²) in [6, 6.07) is 9.62. The molecule has 0 aliphatic rings. The average molecular weight is 192 g/mol. The number of rotatable bonds is 1. The van der Waals surface area contributed by atoms with E-state index in [1.165, 1.54) is 0 Å². The minimum atomic E-state index is -0.707. The molecule has 0 spiro atoms. The summed E-state index contributed by atoms with van der Waals surface area (Å²) in [6.07, 6.45) is 0. The van der Waals surface area contributed by atoms with E-state index in [-0.39, 0.29) is 17.1 Å². The van der Waals surface area contributed by atoms with Crippen LogP contribution in [-0.2, 0) is 22.7 Å². The van der Waals surface area contributed by atoms with E-state index >= 15 is 0 Å². The molecule has 0 aromatic heterocycles. The second-order valence-corrected chi connectivity index (χ2v) is 2.93. The maximum atomic E-state index is 9.49. The van der Waals surface area contributed by atoms with Crippen LogP contribution in [0, 0.1) is 0 Å². The molecule has 1 nitrogen and oxygen atoms in total. The van der Waals surface area contributed by atoms with E-state index in [0.717, 1.165) is 5.56 Å². The van der Waals surface area contributed by atoms with E-state index in [9.17, 15) is 5.11 Å². The third kappa shape index (κ3) is 3.06. The second kappa shape index (κ2) is 3.91. The summed E-state index contributed by atoms with van der Waals surface area (Å²) < 4.78 is 0. The van der Waals surface area contributed by atoms with Gasteiger partial charge < -0.3 is 5.11 Å². The van der Waals surface area contributed by atoms with Gasteiger partial charge in [-0.1, -0.05) is 30.3 Å². The Labute approximate surface area is 77.9 Å². The van der Waals surface area contributed by atoms with Gasteiger partial charge in [0, 0.05) is 17.1 Å². The van der Waals surface area contributed by atoms with E-state index in [1.54, 1.807) is 13.8 Å². The van der Waals surface area contributed by atoms with Crippen LogP contribution in [0.2, 0.25) is 0 Å². The van der Waals surface area contributed by atoms with Crippen molar-refractivity contribution in [2.24, 2.45) is 0 Å². The van der Waals surface area contributed by atoms with Gasteiger partial charge in [-0.15, -0.1) is 0 Å². The predicted molar refractivity (Wildman–Crippen MR) is 41.7 cm³/mol. The molecule has 1 N–H and O–H groups in total. The van der Waals surface area contributed by atoms with Crippen LogP contribution in [-0.4, -0.2) is 5.11 Å². The van der Waals surface area contributed by atoms with Gasteiger partial charge in [0.25, 0.3) is 0 Å². The average Bonchev–Trinajstić information content (AvgIpc) is 1.88. The molecule has 0 atom stereocenters. The summed E-state index contributed by atoms with van der Waals surface area (Å²) in [7, 11) is 0. The Hall–Kier alpha value is -0.301. The fraction of sp³-hybridized carbons (Fsp3) is 0.333. The molecule has 0 radical (unpaired) electrons. The monoisotopic (exact) mass is 192 g/mol. The summed E-state index contributed by atoms with van der Waals surface area (Å²) in [5.41, 5.74) is 0.247. The summed E-state index contributed by atoms with van der Waals surface area (Å²) in [6.45, 7) is 3.56. The van der Waals surface area contributed by atoms with Crippen molar-refractivity contribution < 1.29 is 22.2 Å². The summed E-state index contributed by atoms with van der Waals surface area (Å²) in [4.78, 5) is 0. The van der Waals surface area contributed by atoms with Gasteiger partial charge in [-0.25, -0.2) is 0 Å². The fourth-order valence-corrected chi connectivity index (χ4v) is 0.846. The molecule has 0 saturated heterocycles. The van der Waals surface area contributed by atoms with E-state index in [1.807, 2.05) is 30.3 Å². The first-order chi connectivity index (χ1) is 4.61. The number of benzene rings is 1. The van der Waals surface area contributed by atoms with Crippen molar-refractivity contribution in [1.29, 1.82) is 0 Å². The maximum Gasteiger partial charge on any atom is 0.0840 e. The maximum absolute atomic E-state index is 9.49. The summed E-state index contributed by atoms with van der Waals surface area (Å²) in [5, 5.41) is 9.49. The Bertz CT molecular complexity index is 201. The fourth-order valence-electron chi connectivity index (χ4n) is 0.846. The van der Waals surface area contributed by atoms with Crippen molar-refractivity contribution >= 4 is 0 Å². The molecule has 0 heterocycles. The Morgan fingerprint density at radius 3 is 1.82 bits per heavy atom. The van der Waals surface area contributed by atoms with E-state index in [4.69, 9.17) is 0 Å². The Balaban J connectivity index is 0.000001000. The molecule has 11 heavy (non-hydrogen) atoms. The molecule has 0 unspecified atom stereocenters. The van der Waals surface area contributed by atoms with Gasteiger partial charge in [0.15, 0.2) is 0 Å². The van der Waals surface area contributed by atoms with Crippen LogP contribution in [0.15, 0.2) is 30.3 Å². The molecule has 1 rings (SSSR count). The molecule has 0 saturated carbocycles. The SMILES string of the molecule is CC(C)(O)c1ccccc1.[Fe]. The van der Waals surface area contributed by atoms with E-state index in [0.29, 0.717) is 0 Å². The van der Waals surface area contributed by atoms with Crippen LogP contribution in [0.3, 0.4) is 0 Å². The van der Waals surface area contributed by atoms with Crippen molar-refractivity contribution in [3.05, 3.63) is 35.9 Å². The molecular formula is C9H12FeO. The topological polar surface area (TPSA) is 20.2 Å². The van der Waals surface area contributed by atoms with Gasteiger partial charge >= 0.3 is 0 Å². The van der Waals surface area contributed by atoms with Crippen LogP contribution in [0.4, 0.5) is 0 Å². The van der Waals surface area contributed by atoms with Crippen LogP contribution in [0.25, 0.3) is 0 Å². The van der Waals surface area contributed by atoms with Crippen LogP contribution >= 0.6 is 0 Å². The van der Waals surface area contributed by atoms with Gasteiger partial charge in [0.1, 0.15) is 0 Å². The second-order valence-electron chi connectivity index (χ2n) is 2.93. The molecule has 0 aliphatic carbocycles. The first kappa shape index (κ1) is 10.7. The molecule has 2 heteroatoms. The van der Waals surface area contributed by atoms with Crippen molar-refractivity contribution in [2.75, 3.05) is 0 Å². The third-order valence-electron chi connectivity index (χ3n) is 1.48. The van der Waals surface area contributed by atoms with Crippen molar-refractivity contribution in [2.45, 2.75) is 19.4 Å². The summed E-state index contributed by atoms with van der Waals surface area (Å²) >= 11 is 0. The van der Waals surface area contributed by atoms with Crippen LogP contribution in [0.5, 0.6) is 0 Å². The predicted octanol–water partition coefficient (Wildman–Crippen LogP) is 1.91. The number of hydrogen-bond acceptors (Lipinski definition) is 1. The first-order valence-electron chi connectivity index (χ1n) is 3.38. The van der Waals surface area contributed by atoms with Crippen molar-refractivity contribution in [3.63, 3.8) is 0 Å².